The molecule has 0 nitrogen and oxygen atoms in total. The maximum atomic E-state index is 2.28. The van der Waals surface area contributed by atoms with Gasteiger partial charge in [0.25, 0.3) is 0 Å². The Bertz CT molecular complexity index is 37.8. The van der Waals surface area contributed by atoms with Crippen LogP contribution in [0.4, 0.5) is 0 Å². The molecule has 0 aliphatic heterocycles. The van der Waals surface area contributed by atoms with Gasteiger partial charge >= 0.3 is 47.4 Å². The SMILES string of the molecule is Cl.[CH3][Rh][C](C)(C)C. The molecule has 0 saturated heterocycles. The third-order valence-corrected chi connectivity index (χ3v) is 2.96. The fourth-order valence-corrected chi connectivity index (χ4v) is 0. The number of halogens is 1. The van der Waals surface area contributed by atoms with Gasteiger partial charge in [0.2, 0.25) is 0 Å². The van der Waals surface area contributed by atoms with Crippen LogP contribution in [0.2, 0.25) is 9.53 Å². The van der Waals surface area contributed by atoms with Crippen molar-refractivity contribution < 1.29 is 17.1 Å². The molecule has 49 valence electrons. The Morgan fingerprint density at radius 3 is 1.29 bits per heavy atom. The van der Waals surface area contributed by atoms with Crippen molar-refractivity contribution in [2.45, 2.75) is 30.3 Å². The molecule has 0 heterocycles. The Labute approximate surface area is 60.1 Å². The van der Waals surface area contributed by atoms with Gasteiger partial charge in [-0.1, -0.05) is 0 Å². The van der Waals surface area contributed by atoms with Crippen molar-refractivity contribution >= 4 is 12.4 Å². The Morgan fingerprint density at radius 1 is 1.14 bits per heavy atom. The van der Waals surface area contributed by atoms with Crippen LogP contribution in [0.25, 0.3) is 0 Å². The summed E-state index contributed by atoms with van der Waals surface area (Å²) in [5, 5.41) is 0. The molecule has 0 fully saturated rings. The summed E-state index contributed by atoms with van der Waals surface area (Å²) in [5.74, 6) is 0. The quantitative estimate of drug-likeness (QED) is 0.541. The van der Waals surface area contributed by atoms with Crippen molar-refractivity contribution in [2.24, 2.45) is 0 Å². The van der Waals surface area contributed by atoms with E-state index in [1.165, 1.54) is 0 Å². The minimum absolute atomic E-state index is 0. The third kappa shape index (κ3) is 10.9. The van der Waals surface area contributed by atoms with E-state index in [0.717, 1.165) is 17.1 Å². The van der Waals surface area contributed by atoms with E-state index in [4.69, 9.17) is 0 Å². The van der Waals surface area contributed by atoms with Crippen LogP contribution in [0, 0.1) is 0 Å². The molecule has 0 aromatic rings. The maximum absolute atomic E-state index is 2.28. The Balaban J connectivity index is 0. The van der Waals surface area contributed by atoms with Crippen molar-refractivity contribution in [3.05, 3.63) is 0 Å². The van der Waals surface area contributed by atoms with Gasteiger partial charge in [-0.2, -0.15) is 0 Å². The first-order chi connectivity index (χ1) is 2.56. The summed E-state index contributed by atoms with van der Waals surface area (Å²) in [7, 11) is 0. The average molecular weight is 212 g/mol. The van der Waals surface area contributed by atoms with Gasteiger partial charge in [-0.15, -0.1) is 12.4 Å². The van der Waals surface area contributed by atoms with E-state index in [9.17, 15) is 0 Å². The van der Waals surface area contributed by atoms with Gasteiger partial charge in [-0.05, 0) is 0 Å². The summed E-state index contributed by atoms with van der Waals surface area (Å²) in [6.45, 7) is 6.82. The summed E-state index contributed by atoms with van der Waals surface area (Å²) >= 11 is 0.758. The predicted octanol–water partition coefficient (Wildman–Crippen LogP) is 2.76. The number of hydrogen-bond acceptors (Lipinski definition) is 0. The molecule has 0 bridgehead atoms. The molecule has 0 N–H and O–H groups in total. The molecule has 0 aromatic carbocycles. The molecule has 0 aliphatic carbocycles. The number of rotatable bonds is 0. The van der Waals surface area contributed by atoms with Crippen LogP contribution >= 0.6 is 12.4 Å². The van der Waals surface area contributed by atoms with Crippen molar-refractivity contribution in [1.82, 2.24) is 0 Å². The van der Waals surface area contributed by atoms with Gasteiger partial charge < -0.3 is 0 Å². The molecule has 0 amide bonds. The molecule has 2 heteroatoms. The molecule has 0 radical (unpaired) electrons. The monoisotopic (exact) mass is 211 g/mol. The zero-order valence-electron chi connectivity index (χ0n) is 5.24. The zero-order chi connectivity index (χ0) is 5.21. The van der Waals surface area contributed by atoms with Crippen molar-refractivity contribution in [2.75, 3.05) is 0 Å². The van der Waals surface area contributed by atoms with Gasteiger partial charge in [0, 0.05) is 0 Å². The summed E-state index contributed by atoms with van der Waals surface area (Å²) < 4.78 is 0.612. The Hall–Kier alpha value is 0.913. The van der Waals surface area contributed by atoms with Crippen LogP contribution in [-0.4, -0.2) is 0 Å². The van der Waals surface area contributed by atoms with E-state index in [1.54, 1.807) is 0 Å². The third-order valence-electron chi connectivity index (χ3n) is 0.500. The molecule has 7 heavy (non-hydrogen) atoms. The molecular formula is C5H13ClRh. The van der Waals surface area contributed by atoms with E-state index in [1.807, 2.05) is 0 Å². The van der Waals surface area contributed by atoms with E-state index in [0.29, 0.717) is 4.01 Å². The first-order valence-corrected chi connectivity index (χ1v) is 4.46. The van der Waals surface area contributed by atoms with E-state index in [-0.39, 0.29) is 12.4 Å². The summed E-state index contributed by atoms with van der Waals surface area (Å²) in [5.41, 5.74) is 2.28. The van der Waals surface area contributed by atoms with E-state index >= 15 is 0 Å². The molecule has 0 aliphatic rings. The summed E-state index contributed by atoms with van der Waals surface area (Å²) in [6.07, 6.45) is 0. The van der Waals surface area contributed by atoms with E-state index < -0.39 is 0 Å². The first kappa shape index (κ1) is 10.8. The van der Waals surface area contributed by atoms with Gasteiger partial charge in [-0.25, -0.2) is 0 Å². The van der Waals surface area contributed by atoms with Gasteiger partial charge in [0.05, 0.1) is 0 Å². The second kappa shape index (κ2) is 3.86. The zero-order valence-corrected chi connectivity index (χ0v) is 7.70. The fraction of sp³-hybridized carbons (Fsp3) is 1.00. The second-order valence-corrected chi connectivity index (χ2v) is 5.44. The van der Waals surface area contributed by atoms with Crippen LogP contribution in [0.3, 0.4) is 0 Å². The van der Waals surface area contributed by atoms with Crippen LogP contribution in [0.15, 0.2) is 0 Å². The van der Waals surface area contributed by atoms with Crippen molar-refractivity contribution in [3.63, 3.8) is 0 Å². The summed E-state index contributed by atoms with van der Waals surface area (Å²) in [6, 6.07) is 0. The van der Waals surface area contributed by atoms with Crippen LogP contribution in [0.5, 0.6) is 0 Å². The molecule has 0 aromatic heterocycles. The van der Waals surface area contributed by atoms with Crippen LogP contribution < -0.4 is 0 Å². The molecule has 0 saturated carbocycles. The fourth-order valence-electron chi connectivity index (χ4n) is 0. The first-order valence-electron chi connectivity index (χ1n) is 2.00. The predicted molar refractivity (Wildman–Crippen MR) is 32.8 cm³/mol. The minimum atomic E-state index is 0. The van der Waals surface area contributed by atoms with Gasteiger partial charge in [0.1, 0.15) is 0 Å². The molecule has 0 atom stereocenters. The number of hydrogen-bond donors (Lipinski definition) is 0. The standard InChI is InChI=1S/C4H9.CH3.ClH.Rh/c1-4(2)3;;;/h1-3H3;1H3;1H;. The van der Waals surface area contributed by atoms with Crippen LogP contribution in [0.1, 0.15) is 20.8 Å². The molecule has 0 spiro atoms. The van der Waals surface area contributed by atoms with Crippen molar-refractivity contribution in [1.29, 1.82) is 0 Å². The Kier molecular flexibility index (Phi) is 5.97. The van der Waals surface area contributed by atoms with E-state index in [2.05, 4.69) is 26.3 Å². The summed E-state index contributed by atoms with van der Waals surface area (Å²) in [4.78, 5) is 0. The molecule has 0 rings (SSSR count). The molecular weight excluding hydrogens is 198 g/mol. The topological polar surface area (TPSA) is 0 Å². The second-order valence-electron chi connectivity index (χ2n) is 2.17. The van der Waals surface area contributed by atoms with Gasteiger partial charge in [-0.3, -0.25) is 0 Å². The normalized spacial score (nSPS) is 10.9. The van der Waals surface area contributed by atoms with Crippen molar-refractivity contribution in [3.8, 4) is 0 Å². The van der Waals surface area contributed by atoms with Gasteiger partial charge in [0.15, 0.2) is 0 Å². The Morgan fingerprint density at radius 2 is 1.29 bits per heavy atom. The average Bonchev–Trinajstić information content (AvgIpc) is 1.35. The molecule has 0 unspecified atom stereocenters. The van der Waals surface area contributed by atoms with Crippen LogP contribution in [-0.2, 0) is 17.1 Å².